The smallest absolute Gasteiger partial charge is 0.243 e. The van der Waals surface area contributed by atoms with E-state index in [2.05, 4.69) is 5.48 Å². The Morgan fingerprint density at radius 1 is 1.16 bits per heavy atom. The van der Waals surface area contributed by atoms with Crippen LogP contribution < -0.4 is 10.2 Å². The topological polar surface area (TPSA) is 56.8 Å². The van der Waals surface area contributed by atoms with E-state index in [1.54, 1.807) is 7.11 Å². The molecule has 0 saturated carbocycles. The van der Waals surface area contributed by atoms with Crippen molar-refractivity contribution in [3.05, 3.63) is 29.8 Å². The number of carbonyl (C=O) groups is 1. The predicted octanol–water partition coefficient (Wildman–Crippen LogP) is 1.85. The molecule has 0 aliphatic carbocycles. The summed E-state index contributed by atoms with van der Waals surface area (Å²) in [5.41, 5.74) is 3.54. The van der Waals surface area contributed by atoms with E-state index < -0.39 is 0 Å². The molecule has 0 aliphatic heterocycles. The Bertz CT molecular complexity index is 364. The van der Waals surface area contributed by atoms with Gasteiger partial charge in [-0.3, -0.25) is 9.63 Å². The molecule has 0 aromatic heterocycles. The van der Waals surface area contributed by atoms with E-state index in [1.807, 2.05) is 31.2 Å². The number of hydrogen-bond donors (Lipinski definition) is 1. The minimum absolute atomic E-state index is 0.149. The number of benzene rings is 1. The van der Waals surface area contributed by atoms with Gasteiger partial charge in [0.2, 0.25) is 5.91 Å². The van der Waals surface area contributed by atoms with Gasteiger partial charge in [0.25, 0.3) is 0 Å². The first-order valence-corrected chi connectivity index (χ1v) is 6.31. The molecule has 0 spiro atoms. The molecule has 5 nitrogen and oxygen atoms in total. The summed E-state index contributed by atoms with van der Waals surface area (Å²) in [6, 6.07) is 7.82. The first-order valence-electron chi connectivity index (χ1n) is 6.31. The number of aryl methyl sites for hydroxylation is 1. The van der Waals surface area contributed by atoms with Gasteiger partial charge in [-0.25, -0.2) is 5.48 Å². The number of hydrogen-bond acceptors (Lipinski definition) is 4. The Hall–Kier alpha value is -1.59. The molecule has 0 atom stereocenters. The van der Waals surface area contributed by atoms with Gasteiger partial charge >= 0.3 is 0 Å². The second-order valence-electron chi connectivity index (χ2n) is 4.13. The monoisotopic (exact) mass is 267 g/mol. The Morgan fingerprint density at radius 2 is 1.89 bits per heavy atom. The molecule has 0 unspecified atom stereocenters. The Kier molecular flexibility index (Phi) is 7.62. The summed E-state index contributed by atoms with van der Waals surface area (Å²) in [4.78, 5) is 16.2. The van der Waals surface area contributed by atoms with Crippen molar-refractivity contribution < 1.29 is 19.1 Å². The van der Waals surface area contributed by atoms with Crippen molar-refractivity contribution in [2.75, 3.05) is 26.9 Å². The Morgan fingerprint density at radius 3 is 2.58 bits per heavy atom. The molecule has 1 rings (SSSR count). The van der Waals surface area contributed by atoms with Gasteiger partial charge in [-0.1, -0.05) is 17.7 Å². The zero-order valence-electron chi connectivity index (χ0n) is 11.5. The molecular formula is C14H21NO4. The number of hydroxylamine groups is 1. The third kappa shape index (κ3) is 7.43. The molecule has 5 heteroatoms. The summed E-state index contributed by atoms with van der Waals surface area (Å²) >= 11 is 0. The molecule has 1 aromatic carbocycles. The van der Waals surface area contributed by atoms with E-state index in [4.69, 9.17) is 14.3 Å². The summed E-state index contributed by atoms with van der Waals surface area (Å²) in [7, 11) is 1.58. The Balaban J connectivity index is 2.03. The van der Waals surface area contributed by atoms with E-state index in [1.165, 1.54) is 5.56 Å². The largest absolute Gasteiger partial charge is 0.494 e. The van der Waals surface area contributed by atoms with Gasteiger partial charge in [0, 0.05) is 13.5 Å². The van der Waals surface area contributed by atoms with Crippen LogP contribution in [-0.2, 0) is 14.4 Å². The molecule has 0 fully saturated rings. The van der Waals surface area contributed by atoms with E-state index in [-0.39, 0.29) is 5.91 Å². The normalized spacial score (nSPS) is 10.2. The fourth-order valence-electron chi connectivity index (χ4n) is 1.36. The highest BCUT2D eigenvalue weighted by Gasteiger charge is 2.01. The summed E-state index contributed by atoms with van der Waals surface area (Å²) < 4.78 is 10.3. The van der Waals surface area contributed by atoms with E-state index in [9.17, 15) is 4.79 Å². The minimum Gasteiger partial charge on any atom is -0.494 e. The summed E-state index contributed by atoms with van der Waals surface area (Å²) in [5, 5.41) is 0. The summed E-state index contributed by atoms with van der Waals surface area (Å²) in [6.07, 6.45) is 1.02. The molecule has 1 aromatic rings. The minimum atomic E-state index is -0.149. The molecule has 0 heterocycles. The van der Waals surface area contributed by atoms with Crippen LogP contribution in [0.2, 0.25) is 0 Å². The van der Waals surface area contributed by atoms with Gasteiger partial charge < -0.3 is 9.47 Å². The van der Waals surface area contributed by atoms with Crippen molar-refractivity contribution in [1.29, 1.82) is 0 Å². The lowest BCUT2D eigenvalue weighted by Crippen LogP contribution is -2.25. The lowest BCUT2D eigenvalue weighted by atomic mass is 10.2. The highest BCUT2D eigenvalue weighted by Crippen LogP contribution is 2.11. The van der Waals surface area contributed by atoms with Crippen LogP contribution in [0.5, 0.6) is 5.75 Å². The SMILES string of the molecule is COCCONC(=O)CCCOc1ccc(C)cc1. The van der Waals surface area contributed by atoms with Crippen LogP contribution in [0.1, 0.15) is 18.4 Å². The van der Waals surface area contributed by atoms with Crippen LogP contribution in [0.15, 0.2) is 24.3 Å². The van der Waals surface area contributed by atoms with Crippen molar-refractivity contribution in [2.24, 2.45) is 0 Å². The zero-order valence-corrected chi connectivity index (χ0v) is 11.5. The second-order valence-corrected chi connectivity index (χ2v) is 4.13. The van der Waals surface area contributed by atoms with Crippen molar-refractivity contribution in [2.45, 2.75) is 19.8 Å². The standard InChI is InChI=1S/C14H21NO4/c1-12-5-7-13(8-6-12)18-9-3-4-14(16)15-19-11-10-17-2/h5-8H,3-4,9-11H2,1-2H3,(H,15,16). The lowest BCUT2D eigenvalue weighted by Gasteiger charge is -2.07. The quantitative estimate of drug-likeness (QED) is 0.548. The third-order valence-corrected chi connectivity index (χ3v) is 2.41. The number of nitrogens with one attached hydrogen (secondary N) is 1. The second kappa shape index (κ2) is 9.35. The third-order valence-electron chi connectivity index (χ3n) is 2.41. The maximum Gasteiger partial charge on any atom is 0.243 e. The van der Waals surface area contributed by atoms with Crippen LogP contribution >= 0.6 is 0 Å². The van der Waals surface area contributed by atoms with Gasteiger partial charge in [-0.2, -0.15) is 0 Å². The number of rotatable bonds is 9. The maximum absolute atomic E-state index is 11.3. The number of carbonyl (C=O) groups excluding carboxylic acids is 1. The van der Waals surface area contributed by atoms with Gasteiger partial charge in [0.15, 0.2) is 0 Å². The lowest BCUT2D eigenvalue weighted by molar-refractivity contribution is -0.134. The van der Waals surface area contributed by atoms with Crippen molar-refractivity contribution in [3.8, 4) is 5.75 Å². The van der Waals surface area contributed by atoms with Crippen molar-refractivity contribution >= 4 is 5.91 Å². The number of methoxy groups -OCH3 is 1. The fourth-order valence-corrected chi connectivity index (χ4v) is 1.36. The molecule has 1 amide bonds. The zero-order chi connectivity index (χ0) is 13.9. The molecule has 0 aliphatic rings. The van der Waals surface area contributed by atoms with E-state index in [0.29, 0.717) is 32.7 Å². The van der Waals surface area contributed by atoms with Crippen molar-refractivity contribution in [3.63, 3.8) is 0 Å². The summed E-state index contributed by atoms with van der Waals surface area (Å²) in [6.45, 7) is 3.34. The van der Waals surface area contributed by atoms with Crippen molar-refractivity contribution in [1.82, 2.24) is 5.48 Å². The first-order chi connectivity index (χ1) is 9.22. The summed E-state index contributed by atoms with van der Waals surface area (Å²) in [5.74, 6) is 0.672. The van der Waals surface area contributed by atoms with Crippen LogP contribution in [0.3, 0.4) is 0 Å². The van der Waals surface area contributed by atoms with Crippen LogP contribution in [-0.4, -0.2) is 32.8 Å². The molecule has 0 radical (unpaired) electrons. The van der Waals surface area contributed by atoms with Gasteiger partial charge in [0.1, 0.15) is 5.75 Å². The highest BCUT2D eigenvalue weighted by molar-refractivity contribution is 5.74. The molecule has 0 bridgehead atoms. The molecule has 19 heavy (non-hydrogen) atoms. The molecule has 0 saturated heterocycles. The van der Waals surface area contributed by atoms with Gasteiger partial charge in [-0.05, 0) is 25.5 Å². The van der Waals surface area contributed by atoms with E-state index >= 15 is 0 Å². The Labute approximate surface area is 113 Å². The highest BCUT2D eigenvalue weighted by atomic mass is 16.7. The fraction of sp³-hybridized carbons (Fsp3) is 0.500. The van der Waals surface area contributed by atoms with Gasteiger partial charge in [-0.15, -0.1) is 0 Å². The average Bonchev–Trinajstić information content (AvgIpc) is 2.42. The molecule has 106 valence electrons. The number of amides is 1. The van der Waals surface area contributed by atoms with Gasteiger partial charge in [0.05, 0.1) is 19.8 Å². The molecule has 1 N–H and O–H groups in total. The van der Waals surface area contributed by atoms with E-state index in [0.717, 1.165) is 5.75 Å². The van der Waals surface area contributed by atoms with Crippen LogP contribution in [0.25, 0.3) is 0 Å². The van der Waals surface area contributed by atoms with Crippen LogP contribution in [0.4, 0.5) is 0 Å². The maximum atomic E-state index is 11.3. The van der Waals surface area contributed by atoms with Crippen LogP contribution in [0, 0.1) is 6.92 Å². The first kappa shape index (κ1) is 15.5. The average molecular weight is 267 g/mol. The predicted molar refractivity (Wildman–Crippen MR) is 71.9 cm³/mol. The number of ether oxygens (including phenoxy) is 2. The molecular weight excluding hydrogens is 246 g/mol.